The number of fused-ring (bicyclic) bond motifs is 4. The Bertz CT molecular complexity index is 2590. The molecule has 3 saturated carbocycles. The molecule has 7 aliphatic carbocycles. The average molecular weight is 1030 g/mol. The second-order valence-corrected chi connectivity index (χ2v) is 26.8. The van der Waals surface area contributed by atoms with Gasteiger partial charge in [0, 0.05) is 72.9 Å². The van der Waals surface area contributed by atoms with Crippen molar-refractivity contribution in [3.8, 4) is 35.2 Å². The van der Waals surface area contributed by atoms with E-state index in [1.54, 1.807) is 6.07 Å². The molecule has 4 heterocycles. The number of rotatable bonds is 2. The number of phenols is 1. The highest BCUT2D eigenvalue weighted by Crippen LogP contribution is 2.75. The Morgan fingerprint density at radius 2 is 1.81 bits per heavy atom. The lowest BCUT2D eigenvalue weighted by molar-refractivity contribution is -0.152. The summed E-state index contributed by atoms with van der Waals surface area (Å²) in [5, 5.41) is 70.0. The lowest BCUT2D eigenvalue weighted by Crippen LogP contribution is -2.74. The number of carbonyl (C=O) groups excluding carboxylic acids is 1. The molecule has 12 bridgehead atoms. The summed E-state index contributed by atoms with van der Waals surface area (Å²) in [7, 11) is 3.79. The minimum atomic E-state index is -1.93. The maximum atomic E-state index is 13.2. The van der Waals surface area contributed by atoms with Crippen LogP contribution in [0.2, 0.25) is 0 Å². The molecule has 5 spiro atoms. The summed E-state index contributed by atoms with van der Waals surface area (Å²) in [6.45, 7) is 3.39. The number of phenolic OH excluding ortho intramolecular Hbond substituents is 1. The third-order valence-corrected chi connectivity index (χ3v) is 23.0. The number of esters is 1. The Hall–Kier alpha value is -3.64. The lowest BCUT2D eigenvalue weighted by atomic mass is 9.38. The van der Waals surface area contributed by atoms with Crippen molar-refractivity contribution < 1.29 is 39.8 Å². The number of hydrogen-bond donors (Lipinski definition) is 9. The van der Waals surface area contributed by atoms with Crippen LogP contribution < -0.4 is 26.4 Å². The lowest BCUT2D eigenvalue weighted by Gasteiger charge is -2.69. The van der Waals surface area contributed by atoms with Gasteiger partial charge >= 0.3 is 5.97 Å². The molecule has 12 rings (SSSR count). The molecule has 392 valence electrons. The highest BCUT2D eigenvalue weighted by atomic mass is 33.1. The van der Waals surface area contributed by atoms with Crippen LogP contribution >= 0.6 is 21.6 Å². The minimum absolute atomic E-state index is 0.0567. The summed E-state index contributed by atoms with van der Waals surface area (Å²) < 4.78 is 13.0. The first-order valence-electron chi connectivity index (χ1n) is 27.6. The minimum Gasteiger partial charge on any atom is -0.504 e. The first-order valence-corrected chi connectivity index (χ1v) is 30.0. The Balaban J connectivity index is 1.05. The van der Waals surface area contributed by atoms with Crippen molar-refractivity contribution in [1.82, 2.24) is 16.0 Å². The Morgan fingerprint density at radius 3 is 2.67 bits per heavy atom. The summed E-state index contributed by atoms with van der Waals surface area (Å²) in [6, 6.07) is 2.40. The molecule has 4 aliphatic heterocycles. The predicted molar refractivity (Wildman–Crippen MR) is 284 cm³/mol. The Kier molecular flexibility index (Phi) is 13.4. The number of aliphatic hydroxyl groups is 4. The number of guanidine groups is 1. The summed E-state index contributed by atoms with van der Waals surface area (Å²) in [4.78, 5) is 18.7. The van der Waals surface area contributed by atoms with Gasteiger partial charge < -0.3 is 56.7 Å². The van der Waals surface area contributed by atoms with Gasteiger partial charge in [-0.2, -0.15) is 0 Å². The van der Waals surface area contributed by atoms with Crippen LogP contribution in [0.1, 0.15) is 121 Å². The van der Waals surface area contributed by atoms with E-state index in [4.69, 9.17) is 20.2 Å². The Labute approximate surface area is 438 Å². The van der Waals surface area contributed by atoms with E-state index < -0.39 is 64.9 Å². The number of ether oxygens (including phenoxy) is 2. The monoisotopic (exact) mass is 1030 g/mol. The number of aromatic hydroxyl groups is 1. The number of aliphatic imine (C=N–C) groups is 1. The number of carbonyl (C=O) groups is 1. The van der Waals surface area contributed by atoms with Crippen LogP contribution in [0.25, 0.3) is 0 Å². The molecule has 1 aromatic rings. The number of benzene rings is 1. The standard InChI is InChI=1S/C58H75N5O8S2/c1-34(64)70-48-26-40(65)16-21-55-20-15-36-23-35-9-12-42(30-60-32-54(28-35)29-41(17-22-61-54)71-49-25-37(24-43(36)48)44(52(68)69)27-47(49)66)73-72-33-57(63-53(59)62-50(55)7-2-8-51(55)67)31-56-18-3-5-38(56)10-14-46-45(56)13-11-39-6-4-19-58(39,46)57/h2,7,10-11,13-14,25,27,35-36,38-43,45-46,48,50-52,60-61,65-69H,3-6,8,16-19,21-24,26,28-33H2,1H3,(H3,59,62,63). The van der Waals surface area contributed by atoms with Crippen LogP contribution in [0.3, 0.4) is 0 Å². The molecule has 73 heavy (non-hydrogen) atoms. The van der Waals surface area contributed by atoms with Crippen molar-refractivity contribution in [1.29, 1.82) is 0 Å². The zero-order valence-corrected chi connectivity index (χ0v) is 43.8. The van der Waals surface area contributed by atoms with Gasteiger partial charge in [0.15, 0.2) is 23.7 Å². The SMILES string of the molecule is CC(=O)OC1CC(O)CCC23C#CC4CC5C#CC(CNCC6(C5)CC(CCN6)Oc5cc(c(C(O)O)cc5O)CC41)SSCC1(CC45CCCC4C=CC4C5C=CC5CCCC541)NC(N)=NC2C=CCC3O. The number of allylic oxidation sites excluding steroid dienone is 4. The van der Waals surface area contributed by atoms with Crippen LogP contribution in [-0.2, 0) is 16.0 Å². The van der Waals surface area contributed by atoms with Gasteiger partial charge in [0.1, 0.15) is 12.2 Å². The fourth-order valence-electron chi connectivity index (χ4n) is 17.3. The van der Waals surface area contributed by atoms with E-state index in [9.17, 15) is 30.3 Å². The van der Waals surface area contributed by atoms with Gasteiger partial charge in [-0.3, -0.25) is 4.79 Å². The van der Waals surface area contributed by atoms with E-state index in [0.717, 1.165) is 31.4 Å². The van der Waals surface area contributed by atoms with E-state index in [-0.39, 0.29) is 64.4 Å². The zero-order chi connectivity index (χ0) is 50.3. The maximum Gasteiger partial charge on any atom is 0.302 e. The number of nitrogens with one attached hydrogen (secondary N) is 3. The van der Waals surface area contributed by atoms with E-state index in [1.165, 1.54) is 32.3 Å². The number of nitrogens with zero attached hydrogens (tertiary/aromatic N) is 1. The summed E-state index contributed by atoms with van der Waals surface area (Å²) >= 11 is 0. The van der Waals surface area contributed by atoms with Crippen LogP contribution in [0.5, 0.6) is 11.5 Å². The normalized spacial score (nSPS) is 45.4. The molecule has 0 aromatic heterocycles. The molecule has 4 fully saturated rings. The van der Waals surface area contributed by atoms with Gasteiger partial charge in [-0.25, -0.2) is 4.99 Å². The van der Waals surface area contributed by atoms with E-state index in [2.05, 4.69) is 70.0 Å². The second-order valence-electron chi connectivity index (χ2n) is 24.2. The smallest absolute Gasteiger partial charge is 0.302 e. The molecule has 10 N–H and O–H groups in total. The molecular formula is C58H75N5O8S2. The molecule has 1 saturated heterocycles. The van der Waals surface area contributed by atoms with Crippen molar-refractivity contribution in [3.05, 3.63) is 59.7 Å². The average Bonchev–Trinajstić information content (AvgIpc) is 4.00. The number of nitrogens with two attached hydrogens (primary N) is 1. The summed E-state index contributed by atoms with van der Waals surface area (Å²) in [6.07, 6.45) is 21.3. The topological polar surface area (TPSA) is 211 Å². The highest BCUT2D eigenvalue weighted by molar-refractivity contribution is 8.77. The quantitative estimate of drug-likeness (QED) is 0.0552. The summed E-state index contributed by atoms with van der Waals surface area (Å²) in [5.41, 5.74) is 6.14. The first kappa shape index (κ1) is 50.2. The van der Waals surface area contributed by atoms with Crippen molar-refractivity contribution in [3.63, 3.8) is 0 Å². The summed E-state index contributed by atoms with van der Waals surface area (Å²) in [5.74, 6) is 16.4. The Morgan fingerprint density at radius 1 is 0.973 bits per heavy atom. The number of piperidine rings is 1. The van der Waals surface area contributed by atoms with Crippen LogP contribution in [0.4, 0.5) is 0 Å². The van der Waals surface area contributed by atoms with Crippen molar-refractivity contribution in [2.45, 2.75) is 163 Å². The number of aliphatic hydroxyl groups excluding tert-OH is 3. The van der Waals surface area contributed by atoms with E-state index in [0.29, 0.717) is 93.4 Å². The van der Waals surface area contributed by atoms with Gasteiger partial charge in [0.05, 0.1) is 34.5 Å². The second kappa shape index (κ2) is 19.4. The maximum absolute atomic E-state index is 13.2. The molecule has 13 nitrogen and oxygen atoms in total. The van der Waals surface area contributed by atoms with Gasteiger partial charge in [0.25, 0.3) is 0 Å². The van der Waals surface area contributed by atoms with Crippen molar-refractivity contribution in [2.75, 3.05) is 25.4 Å². The molecule has 15 heteroatoms. The number of hydrogen-bond acceptors (Lipinski definition) is 15. The third-order valence-electron chi connectivity index (χ3n) is 20.3. The highest BCUT2D eigenvalue weighted by Gasteiger charge is 2.72. The van der Waals surface area contributed by atoms with Crippen LogP contribution in [-0.4, -0.2) is 110 Å². The van der Waals surface area contributed by atoms with Crippen molar-refractivity contribution >= 4 is 33.5 Å². The fourth-order valence-corrected chi connectivity index (χ4v) is 20.1. The van der Waals surface area contributed by atoms with Gasteiger partial charge in [-0.15, -0.1) is 0 Å². The molecule has 0 radical (unpaired) electrons. The van der Waals surface area contributed by atoms with Gasteiger partial charge in [0.2, 0.25) is 0 Å². The van der Waals surface area contributed by atoms with Crippen LogP contribution in [0.15, 0.2) is 53.6 Å². The first-order chi connectivity index (χ1) is 35.2. The van der Waals surface area contributed by atoms with Crippen molar-refractivity contribution in [2.24, 2.45) is 68.4 Å². The van der Waals surface area contributed by atoms with E-state index in [1.807, 2.05) is 27.7 Å². The molecule has 1 aromatic carbocycles. The fraction of sp³-hybridized carbons (Fsp3) is 0.690. The van der Waals surface area contributed by atoms with Gasteiger partial charge in [-0.05, 0) is 130 Å². The molecule has 18 atom stereocenters. The molecule has 18 unspecified atom stereocenters. The molecule has 0 amide bonds. The zero-order valence-electron chi connectivity index (χ0n) is 42.1. The van der Waals surface area contributed by atoms with Gasteiger partial charge in [-0.1, -0.05) is 94.6 Å². The molecule has 11 aliphatic rings. The largest absolute Gasteiger partial charge is 0.504 e. The predicted octanol–water partition coefficient (Wildman–Crippen LogP) is 5.95. The van der Waals surface area contributed by atoms with E-state index >= 15 is 0 Å². The molecular weight excluding hydrogens is 959 g/mol. The van der Waals surface area contributed by atoms with Crippen LogP contribution in [0, 0.1) is 81.4 Å². The third kappa shape index (κ3) is 8.67.